The maximum atomic E-state index is 5.77. The Hall–Kier alpha value is -0.840. The van der Waals surface area contributed by atoms with Gasteiger partial charge in [0.2, 0.25) is 0 Å². The lowest BCUT2D eigenvalue weighted by Crippen LogP contribution is -2.36. The zero-order valence-electron chi connectivity index (χ0n) is 13.1. The SMILES string of the molecule is CN1C2CCC1CN(Cc1cc(CNC3CC3)co1)CC2. The molecule has 0 spiro atoms. The van der Waals surface area contributed by atoms with Crippen LogP contribution in [-0.2, 0) is 13.1 Å². The maximum Gasteiger partial charge on any atom is 0.118 e. The average Bonchev–Trinajstić information content (AvgIpc) is 3.12. The summed E-state index contributed by atoms with van der Waals surface area (Å²) >= 11 is 0. The zero-order chi connectivity index (χ0) is 14.2. The van der Waals surface area contributed by atoms with Gasteiger partial charge in [0.05, 0.1) is 12.8 Å². The van der Waals surface area contributed by atoms with Gasteiger partial charge in [-0.25, -0.2) is 0 Å². The van der Waals surface area contributed by atoms with Crippen LogP contribution >= 0.6 is 0 Å². The molecule has 21 heavy (non-hydrogen) atoms. The number of rotatable bonds is 5. The highest BCUT2D eigenvalue weighted by molar-refractivity contribution is 5.13. The second kappa shape index (κ2) is 5.75. The molecule has 1 aromatic heterocycles. The minimum atomic E-state index is 0.753. The van der Waals surface area contributed by atoms with Crippen molar-refractivity contribution in [1.29, 1.82) is 0 Å². The fourth-order valence-corrected chi connectivity index (χ4v) is 3.89. The number of nitrogens with one attached hydrogen (secondary N) is 1. The van der Waals surface area contributed by atoms with Crippen molar-refractivity contribution in [2.45, 2.75) is 63.3 Å². The van der Waals surface area contributed by atoms with Crippen LogP contribution < -0.4 is 5.32 Å². The van der Waals surface area contributed by atoms with Crippen molar-refractivity contribution in [2.75, 3.05) is 20.1 Å². The minimum absolute atomic E-state index is 0.753. The lowest BCUT2D eigenvalue weighted by atomic mass is 10.1. The van der Waals surface area contributed by atoms with Gasteiger partial charge in [0.15, 0.2) is 0 Å². The Morgan fingerprint density at radius 1 is 1.19 bits per heavy atom. The number of furan rings is 1. The first-order chi connectivity index (χ1) is 10.3. The largest absolute Gasteiger partial charge is 0.468 e. The summed E-state index contributed by atoms with van der Waals surface area (Å²) < 4.78 is 5.77. The molecule has 4 nitrogen and oxygen atoms in total. The molecule has 1 N–H and O–H groups in total. The van der Waals surface area contributed by atoms with Crippen LogP contribution in [0.2, 0.25) is 0 Å². The Bertz CT molecular complexity index is 482. The first kappa shape index (κ1) is 13.8. The third kappa shape index (κ3) is 3.17. The molecule has 1 aromatic rings. The number of fused-ring (bicyclic) bond motifs is 2. The lowest BCUT2D eigenvalue weighted by molar-refractivity contribution is 0.205. The molecule has 1 aliphatic carbocycles. The van der Waals surface area contributed by atoms with E-state index in [4.69, 9.17) is 4.42 Å². The third-order valence-corrected chi connectivity index (χ3v) is 5.49. The van der Waals surface area contributed by atoms with Crippen LogP contribution in [0.4, 0.5) is 0 Å². The molecule has 0 amide bonds. The lowest BCUT2D eigenvalue weighted by Gasteiger charge is -2.24. The van der Waals surface area contributed by atoms with E-state index in [1.165, 1.54) is 50.8 Å². The molecule has 4 heteroatoms. The molecular formula is C17H27N3O. The number of likely N-dealkylation sites (N-methyl/N-ethyl adjacent to an activating group) is 1. The molecule has 1 saturated carbocycles. The summed E-state index contributed by atoms with van der Waals surface area (Å²) in [7, 11) is 2.31. The Balaban J connectivity index is 1.32. The molecule has 2 atom stereocenters. The van der Waals surface area contributed by atoms with Crippen LogP contribution in [0.5, 0.6) is 0 Å². The third-order valence-electron chi connectivity index (χ3n) is 5.49. The highest BCUT2D eigenvalue weighted by Crippen LogP contribution is 2.29. The van der Waals surface area contributed by atoms with Gasteiger partial charge in [0.25, 0.3) is 0 Å². The molecule has 2 saturated heterocycles. The summed E-state index contributed by atoms with van der Waals surface area (Å²) in [6.07, 6.45) is 8.69. The average molecular weight is 289 g/mol. The van der Waals surface area contributed by atoms with Crippen LogP contribution in [0.25, 0.3) is 0 Å². The van der Waals surface area contributed by atoms with Crippen LogP contribution in [0, 0.1) is 0 Å². The maximum absolute atomic E-state index is 5.77. The van der Waals surface area contributed by atoms with Crippen molar-refractivity contribution in [3.63, 3.8) is 0 Å². The second-order valence-corrected chi connectivity index (χ2v) is 7.15. The standard InChI is InChI=1S/C17H27N3O/c1-19-15-4-5-16(19)10-20(7-6-15)11-17-8-13(12-21-17)9-18-14-2-3-14/h8,12,14-16,18H,2-7,9-11H2,1H3. The summed E-state index contributed by atoms with van der Waals surface area (Å²) in [6.45, 7) is 4.34. The van der Waals surface area contributed by atoms with Crippen molar-refractivity contribution < 1.29 is 4.42 Å². The molecule has 4 rings (SSSR count). The minimum Gasteiger partial charge on any atom is -0.468 e. The molecule has 2 bridgehead atoms. The van der Waals surface area contributed by atoms with Crippen LogP contribution in [0.15, 0.2) is 16.7 Å². The molecular weight excluding hydrogens is 262 g/mol. The molecule has 2 unspecified atom stereocenters. The first-order valence-electron chi connectivity index (χ1n) is 8.52. The molecule has 0 radical (unpaired) electrons. The van der Waals surface area contributed by atoms with Gasteiger partial charge in [0, 0.05) is 43.3 Å². The van der Waals surface area contributed by atoms with Crippen molar-refractivity contribution >= 4 is 0 Å². The van der Waals surface area contributed by atoms with Crippen molar-refractivity contribution in [1.82, 2.24) is 15.1 Å². The first-order valence-corrected chi connectivity index (χ1v) is 8.52. The van der Waals surface area contributed by atoms with Gasteiger partial charge in [-0.15, -0.1) is 0 Å². The molecule has 0 aromatic carbocycles. The molecule has 3 aliphatic rings. The van der Waals surface area contributed by atoms with Gasteiger partial charge in [0.1, 0.15) is 5.76 Å². The van der Waals surface area contributed by atoms with E-state index in [1.807, 2.05) is 6.26 Å². The number of likely N-dealkylation sites (tertiary alicyclic amines) is 1. The summed E-state index contributed by atoms with van der Waals surface area (Å²) in [6, 6.07) is 4.57. The Labute approximate surface area is 127 Å². The molecule has 116 valence electrons. The van der Waals surface area contributed by atoms with E-state index in [0.29, 0.717) is 0 Å². The summed E-state index contributed by atoms with van der Waals surface area (Å²) in [5, 5.41) is 3.55. The fraction of sp³-hybridized carbons (Fsp3) is 0.765. The monoisotopic (exact) mass is 289 g/mol. The van der Waals surface area contributed by atoms with E-state index in [-0.39, 0.29) is 0 Å². The van der Waals surface area contributed by atoms with E-state index < -0.39 is 0 Å². The van der Waals surface area contributed by atoms with Gasteiger partial charge >= 0.3 is 0 Å². The quantitative estimate of drug-likeness (QED) is 0.900. The zero-order valence-corrected chi connectivity index (χ0v) is 13.1. The van der Waals surface area contributed by atoms with Gasteiger partial charge in [-0.05, 0) is 45.2 Å². The van der Waals surface area contributed by atoms with Crippen molar-refractivity contribution in [3.8, 4) is 0 Å². The van der Waals surface area contributed by atoms with Gasteiger partial charge in [-0.3, -0.25) is 9.80 Å². The summed E-state index contributed by atoms with van der Waals surface area (Å²) in [5.74, 6) is 1.13. The Morgan fingerprint density at radius 3 is 2.90 bits per heavy atom. The molecule has 3 fully saturated rings. The topological polar surface area (TPSA) is 31.6 Å². The molecule has 3 heterocycles. The van der Waals surface area contributed by atoms with E-state index in [0.717, 1.165) is 37.0 Å². The Kier molecular flexibility index (Phi) is 3.78. The number of hydrogen-bond donors (Lipinski definition) is 1. The smallest absolute Gasteiger partial charge is 0.118 e. The Morgan fingerprint density at radius 2 is 2.05 bits per heavy atom. The number of nitrogens with zero attached hydrogens (tertiary/aromatic N) is 2. The fourth-order valence-electron chi connectivity index (χ4n) is 3.89. The number of hydrogen-bond acceptors (Lipinski definition) is 4. The highest BCUT2D eigenvalue weighted by atomic mass is 16.3. The van der Waals surface area contributed by atoms with Crippen LogP contribution in [0.3, 0.4) is 0 Å². The van der Waals surface area contributed by atoms with Gasteiger partial charge < -0.3 is 9.73 Å². The van der Waals surface area contributed by atoms with Crippen LogP contribution in [-0.4, -0.2) is 48.1 Å². The van der Waals surface area contributed by atoms with Crippen LogP contribution in [0.1, 0.15) is 43.4 Å². The highest BCUT2D eigenvalue weighted by Gasteiger charge is 2.34. The second-order valence-electron chi connectivity index (χ2n) is 7.15. The normalized spacial score (nSPS) is 30.7. The van der Waals surface area contributed by atoms with Gasteiger partial charge in [-0.1, -0.05) is 0 Å². The summed E-state index contributed by atoms with van der Waals surface area (Å²) in [5.41, 5.74) is 1.30. The van der Waals surface area contributed by atoms with E-state index in [9.17, 15) is 0 Å². The van der Waals surface area contributed by atoms with E-state index in [1.54, 1.807) is 0 Å². The molecule has 2 aliphatic heterocycles. The summed E-state index contributed by atoms with van der Waals surface area (Å²) in [4.78, 5) is 5.18. The van der Waals surface area contributed by atoms with Gasteiger partial charge in [-0.2, -0.15) is 0 Å². The van der Waals surface area contributed by atoms with E-state index in [2.05, 4.69) is 28.2 Å². The van der Waals surface area contributed by atoms with E-state index >= 15 is 0 Å². The van der Waals surface area contributed by atoms with Crippen molar-refractivity contribution in [2.24, 2.45) is 0 Å². The predicted octanol–water partition coefficient (Wildman–Crippen LogP) is 2.20. The predicted molar refractivity (Wildman–Crippen MR) is 83.0 cm³/mol. The van der Waals surface area contributed by atoms with Crippen molar-refractivity contribution in [3.05, 3.63) is 23.7 Å².